The number of aryl methyl sites for hydroxylation is 2. The van der Waals surface area contributed by atoms with Crippen LogP contribution in [-0.4, -0.2) is 26.7 Å². The van der Waals surface area contributed by atoms with Crippen LogP contribution in [0.2, 0.25) is 5.02 Å². The third kappa shape index (κ3) is 3.45. The van der Waals surface area contributed by atoms with Crippen molar-refractivity contribution in [3.05, 3.63) is 62.9 Å². The summed E-state index contributed by atoms with van der Waals surface area (Å²) in [5, 5.41) is 22.4. The molecule has 0 fully saturated rings. The molecule has 0 spiro atoms. The number of halogens is 1. The summed E-state index contributed by atoms with van der Waals surface area (Å²) in [5.41, 5.74) is 2.54. The average Bonchev–Trinajstić information content (AvgIpc) is 2.94. The number of benzene rings is 1. The van der Waals surface area contributed by atoms with Crippen molar-refractivity contribution in [2.75, 3.05) is 17.7 Å². The van der Waals surface area contributed by atoms with E-state index in [1.807, 2.05) is 19.9 Å². The molecule has 0 unspecified atom stereocenters. The molecule has 3 rings (SSSR count). The van der Waals surface area contributed by atoms with Crippen molar-refractivity contribution >= 4 is 34.5 Å². The summed E-state index contributed by atoms with van der Waals surface area (Å²) in [6, 6.07) is 10.4. The van der Waals surface area contributed by atoms with Gasteiger partial charge in [-0.15, -0.1) is 0 Å². The van der Waals surface area contributed by atoms with Gasteiger partial charge in [-0.2, -0.15) is 5.10 Å². The van der Waals surface area contributed by atoms with Crippen molar-refractivity contribution in [1.82, 2.24) is 14.8 Å². The molecule has 0 bridgehead atoms. The third-order valence-electron chi connectivity index (χ3n) is 3.76. The Bertz CT molecular complexity index is 968. The van der Waals surface area contributed by atoms with Crippen LogP contribution in [0.5, 0.6) is 0 Å². The van der Waals surface area contributed by atoms with E-state index in [2.05, 4.69) is 20.7 Å². The Labute approximate surface area is 155 Å². The molecule has 0 radical (unpaired) electrons. The number of hydrogen-bond acceptors (Lipinski definition) is 6. The van der Waals surface area contributed by atoms with Gasteiger partial charge in [-0.3, -0.25) is 10.1 Å². The van der Waals surface area contributed by atoms with Gasteiger partial charge in [-0.05, 0) is 44.2 Å². The van der Waals surface area contributed by atoms with Crippen LogP contribution in [-0.2, 0) is 0 Å². The molecule has 9 heteroatoms. The highest BCUT2D eigenvalue weighted by molar-refractivity contribution is 6.30. The van der Waals surface area contributed by atoms with Gasteiger partial charge in [0.05, 0.1) is 10.6 Å². The summed E-state index contributed by atoms with van der Waals surface area (Å²) in [6.45, 7) is 3.77. The van der Waals surface area contributed by atoms with Crippen molar-refractivity contribution in [3.63, 3.8) is 0 Å². The van der Waals surface area contributed by atoms with Crippen LogP contribution in [0.25, 0.3) is 5.82 Å². The van der Waals surface area contributed by atoms with Crippen molar-refractivity contribution in [1.29, 1.82) is 0 Å². The molecular weight excluding hydrogens is 356 g/mol. The van der Waals surface area contributed by atoms with Crippen LogP contribution in [0.1, 0.15) is 11.4 Å². The number of anilines is 3. The number of rotatable bonds is 5. The number of aromatic nitrogens is 3. The first-order valence-electron chi connectivity index (χ1n) is 7.82. The van der Waals surface area contributed by atoms with Gasteiger partial charge < -0.3 is 10.6 Å². The first-order valence-corrected chi connectivity index (χ1v) is 8.20. The van der Waals surface area contributed by atoms with E-state index in [9.17, 15) is 10.1 Å². The summed E-state index contributed by atoms with van der Waals surface area (Å²) in [6.07, 6.45) is 0. The largest absolute Gasteiger partial charge is 0.382 e. The first-order chi connectivity index (χ1) is 12.4. The van der Waals surface area contributed by atoms with Gasteiger partial charge in [0.25, 0.3) is 0 Å². The second kappa shape index (κ2) is 7.01. The van der Waals surface area contributed by atoms with Gasteiger partial charge >= 0.3 is 5.69 Å². The molecule has 0 amide bonds. The third-order valence-corrected chi connectivity index (χ3v) is 4.02. The molecule has 0 aliphatic carbocycles. The van der Waals surface area contributed by atoms with E-state index < -0.39 is 4.92 Å². The maximum atomic E-state index is 11.6. The van der Waals surface area contributed by atoms with Crippen LogP contribution in [0.4, 0.5) is 22.9 Å². The second-order valence-corrected chi connectivity index (χ2v) is 6.14. The number of pyridine rings is 1. The highest BCUT2D eigenvalue weighted by atomic mass is 35.5. The number of nitrogens with zero attached hydrogens (tertiary/aromatic N) is 4. The molecule has 1 aromatic carbocycles. The van der Waals surface area contributed by atoms with Gasteiger partial charge in [0.2, 0.25) is 5.82 Å². The molecular formula is C17H17ClN6O2. The maximum Gasteiger partial charge on any atom is 0.334 e. The van der Waals surface area contributed by atoms with E-state index in [-0.39, 0.29) is 11.5 Å². The number of hydrogen-bond donors (Lipinski definition) is 2. The predicted molar refractivity (Wildman–Crippen MR) is 102 cm³/mol. The fourth-order valence-corrected chi connectivity index (χ4v) is 2.75. The van der Waals surface area contributed by atoms with Crippen molar-refractivity contribution in [3.8, 4) is 5.82 Å². The molecule has 0 saturated heterocycles. The molecule has 0 saturated carbocycles. The lowest BCUT2D eigenvalue weighted by atomic mass is 10.2. The minimum Gasteiger partial charge on any atom is -0.382 e. The highest BCUT2D eigenvalue weighted by Crippen LogP contribution is 2.35. The molecule has 2 heterocycles. The molecule has 2 aromatic heterocycles. The number of nitro groups is 1. The lowest BCUT2D eigenvalue weighted by molar-refractivity contribution is -0.383. The first kappa shape index (κ1) is 17.7. The predicted octanol–water partition coefficient (Wildman–Crippen LogP) is 4.23. The molecule has 134 valence electrons. The van der Waals surface area contributed by atoms with Crippen LogP contribution >= 0.6 is 11.6 Å². The Kier molecular flexibility index (Phi) is 4.77. The normalized spacial score (nSPS) is 10.6. The minimum absolute atomic E-state index is 0.117. The summed E-state index contributed by atoms with van der Waals surface area (Å²) in [7, 11) is 1.62. The standard InChI is InChI=1S/C17H17ClN6O2/c1-10-8-11(2)23(22-10)15-9-14(19-3)16(24(25)26)17(21-15)20-13-6-4-12(18)5-7-13/h4-9H,1-3H3,(H2,19,20,21). The molecule has 3 aromatic rings. The van der Waals surface area contributed by atoms with Gasteiger partial charge in [0.15, 0.2) is 5.82 Å². The Morgan fingerprint density at radius 1 is 1.19 bits per heavy atom. The van der Waals surface area contributed by atoms with Crippen molar-refractivity contribution in [2.24, 2.45) is 0 Å². The Morgan fingerprint density at radius 3 is 2.42 bits per heavy atom. The zero-order valence-electron chi connectivity index (χ0n) is 14.4. The summed E-state index contributed by atoms with van der Waals surface area (Å²) < 4.78 is 1.65. The number of nitrogens with one attached hydrogen (secondary N) is 2. The molecule has 0 atom stereocenters. The van der Waals surface area contributed by atoms with E-state index in [1.54, 1.807) is 42.1 Å². The fraction of sp³-hybridized carbons (Fsp3) is 0.176. The molecule has 8 nitrogen and oxygen atoms in total. The van der Waals surface area contributed by atoms with Crippen molar-refractivity contribution in [2.45, 2.75) is 13.8 Å². The van der Waals surface area contributed by atoms with Gasteiger partial charge in [-0.1, -0.05) is 11.6 Å². The van der Waals surface area contributed by atoms with E-state index in [1.165, 1.54) is 0 Å². The molecule has 0 aliphatic heterocycles. The van der Waals surface area contributed by atoms with Crippen LogP contribution < -0.4 is 10.6 Å². The van der Waals surface area contributed by atoms with Gasteiger partial charge in [0, 0.05) is 29.5 Å². The second-order valence-electron chi connectivity index (χ2n) is 5.70. The smallest absolute Gasteiger partial charge is 0.334 e. The van der Waals surface area contributed by atoms with E-state index >= 15 is 0 Å². The lowest BCUT2D eigenvalue weighted by Crippen LogP contribution is -2.09. The molecule has 26 heavy (non-hydrogen) atoms. The minimum atomic E-state index is -0.470. The van der Waals surface area contributed by atoms with E-state index in [4.69, 9.17) is 11.6 Å². The Morgan fingerprint density at radius 2 is 1.88 bits per heavy atom. The highest BCUT2D eigenvalue weighted by Gasteiger charge is 2.24. The zero-order chi connectivity index (χ0) is 18.8. The lowest BCUT2D eigenvalue weighted by Gasteiger charge is -2.13. The Balaban J connectivity index is 2.15. The SMILES string of the molecule is CNc1cc(-n2nc(C)cc2C)nc(Nc2ccc(Cl)cc2)c1[N+](=O)[O-]. The summed E-state index contributed by atoms with van der Waals surface area (Å²) in [5.74, 6) is 0.591. The van der Waals surface area contributed by atoms with Gasteiger partial charge in [-0.25, -0.2) is 9.67 Å². The monoisotopic (exact) mass is 372 g/mol. The summed E-state index contributed by atoms with van der Waals surface area (Å²) >= 11 is 5.90. The molecule has 0 aliphatic rings. The quantitative estimate of drug-likeness (QED) is 0.513. The Hall–Kier alpha value is -3.13. The van der Waals surface area contributed by atoms with Crippen LogP contribution in [0.15, 0.2) is 36.4 Å². The van der Waals surface area contributed by atoms with Crippen LogP contribution in [0.3, 0.4) is 0 Å². The van der Waals surface area contributed by atoms with E-state index in [0.29, 0.717) is 22.2 Å². The average molecular weight is 373 g/mol. The fourth-order valence-electron chi connectivity index (χ4n) is 2.63. The maximum absolute atomic E-state index is 11.6. The van der Waals surface area contributed by atoms with E-state index in [0.717, 1.165) is 11.4 Å². The topological polar surface area (TPSA) is 97.9 Å². The zero-order valence-corrected chi connectivity index (χ0v) is 15.2. The van der Waals surface area contributed by atoms with Gasteiger partial charge in [0.1, 0.15) is 5.69 Å². The summed E-state index contributed by atoms with van der Waals surface area (Å²) in [4.78, 5) is 15.6. The molecule has 2 N–H and O–H groups in total. The van der Waals surface area contributed by atoms with Crippen molar-refractivity contribution < 1.29 is 4.92 Å². The van der Waals surface area contributed by atoms with Crippen LogP contribution in [0, 0.1) is 24.0 Å².